The average molecular weight is 526 g/mol. The number of urea groups is 1. The maximum atomic E-state index is 13.1. The number of carbonyl (C=O) groups is 3. The lowest BCUT2D eigenvalue weighted by Gasteiger charge is -2.27. The summed E-state index contributed by atoms with van der Waals surface area (Å²) < 4.78 is 5.69. The number of nitro benzene ring substituents is 1. The molecule has 0 unspecified atom stereocenters. The van der Waals surface area contributed by atoms with Crippen LogP contribution in [0, 0.1) is 17.0 Å². The molecule has 0 aliphatic carbocycles. The van der Waals surface area contributed by atoms with Crippen LogP contribution < -0.4 is 15.0 Å². The van der Waals surface area contributed by atoms with Crippen molar-refractivity contribution in [3.63, 3.8) is 0 Å². The molecule has 0 saturated carbocycles. The Hall–Kier alpha value is -4.21. The molecule has 0 spiro atoms. The molecule has 1 aliphatic rings. The van der Waals surface area contributed by atoms with E-state index in [9.17, 15) is 24.5 Å². The fraction of sp³-hybridized carbons (Fsp3) is 0.0800. The minimum atomic E-state index is -0.874. The van der Waals surface area contributed by atoms with Crippen LogP contribution >= 0.6 is 23.2 Å². The van der Waals surface area contributed by atoms with E-state index in [1.54, 1.807) is 49.4 Å². The lowest BCUT2D eigenvalue weighted by molar-refractivity contribution is -0.384. The van der Waals surface area contributed by atoms with Gasteiger partial charge >= 0.3 is 6.03 Å². The topological polar surface area (TPSA) is 119 Å². The van der Waals surface area contributed by atoms with Gasteiger partial charge in [0, 0.05) is 17.2 Å². The summed E-state index contributed by atoms with van der Waals surface area (Å²) >= 11 is 12.5. The molecule has 0 radical (unpaired) electrons. The number of carbonyl (C=O) groups excluding carboxylic acids is 3. The van der Waals surface area contributed by atoms with Gasteiger partial charge in [0.15, 0.2) is 0 Å². The molecule has 36 heavy (non-hydrogen) atoms. The molecule has 11 heteroatoms. The summed E-state index contributed by atoms with van der Waals surface area (Å²) in [5, 5.41) is 13.5. The number of imide groups is 2. The molecule has 3 aromatic carbocycles. The number of barbiturate groups is 1. The second-order valence-corrected chi connectivity index (χ2v) is 8.56. The highest BCUT2D eigenvalue weighted by atomic mass is 35.5. The number of nitrogens with zero attached hydrogens (tertiary/aromatic N) is 2. The van der Waals surface area contributed by atoms with E-state index in [2.05, 4.69) is 5.32 Å². The fourth-order valence-corrected chi connectivity index (χ4v) is 3.89. The quantitative estimate of drug-likeness (QED) is 0.197. The number of nitrogens with one attached hydrogen (secondary N) is 1. The molecule has 4 amide bonds. The fourth-order valence-electron chi connectivity index (χ4n) is 3.48. The number of amides is 4. The van der Waals surface area contributed by atoms with E-state index >= 15 is 0 Å². The zero-order valence-electron chi connectivity index (χ0n) is 18.7. The molecule has 9 nitrogen and oxygen atoms in total. The monoisotopic (exact) mass is 525 g/mol. The van der Waals surface area contributed by atoms with Crippen LogP contribution in [-0.2, 0) is 16.2 Å². The van der Waals surface area contributed by atoms with Gasteiger partial charge in [-0.15, -0.1) is 0 Å². The molecule has 0 bridgehead atoms. The van der Waals surface area contributed by atoms with Gasteiger partial charge in [-0.05, 0) is 66.1 Å². The van der Waals surface area contributed by atoms with Gasteiger partial charge in [-0.3, -0.25) is 25.0 Å². The Kier molecular flexibility index (Phi) is 7.05. The van der Waals surface area contributed by atoms with Crippen molar-refractivity contribution >= 4 is 58.5 Å². The SMILES string of the molecule is Cc1c(Cl)cccc1N1C(=O)NC(=O)/C(=C\c2ccc(OCc3ccc([N+](=O)[O-])cc3)c(Cl)c2)C1=O. The van der Waals surface area contributed by atoms with E-state index in [0.717, 1.165) is 4.90 Å². The van der Waals surface area contributed by atoms with Gasteiger partial charge in [0.25, 0.3) is 17.5 Å². The van der Waals surface area contributed by atoms with Gasteiger partial charge in [0.1, 0.15) is 17.9 Å². The largest absolute Gasteiger partial charge is 0.487 e. The molecule has 0 aromatic heterocycles. The highest BCUT2D eigenvalue weighted by Crippen LogP contribution is 2.31. The molecule has 1 aliphatic heterocycles. The summed E-state index contributed by atoms with van der Waals surface area (Å²) in [6, 6.07) is 14.5. The predicted molar refractivity (Wildman–Crippen MR) is 134 cm³/mol. The predicted octanol–water partition coefficient (Wildman–Crippen LogP) is 5.46. The van der Waals surface area contributed by atoms with Crippen LogP contribution in [0.5, 0.6) is 5.75 Å². The Balaban J connectivity index is 1.55. The van der Waals surface area contributed by atoms with E-state index in [1.807, 2.05) is 0 Å². The van der Waals surface area contributed by atoms with Crippen molar-refractivity contribution in [1.29, 1.82) is 0 Å². The van der Waals surface area contributed by atoms with Crippen LogP contribution in [-0.4, -0.2) is 22.8 Å². The number of halogens is 2. The Morgan fingerprint density at radius 1 is 1.03 bits per heavy atom. The van der Waals surface area contributed by atoms with E-state index in [-0.39, 0.29) is 28.6 Å². The highest BCUT2D eigenvalue weighted by molar-refractivity contribution is 6.40. The first kappa shape index (κ1) is 24.9. The number of hydrogen-bond acceptors (Lipinski definition) is 6. The summed E-state index contributed by atoms with van der Waals surface area (Å²) in [6.45, 7) is 1.78. The van der Waals surface area contributed by atoms with Crippen molar-refractivity contribution in [1.82, 2.24) is 5.32 Å². The van der Waals surface area contributed by atoms with E-state index in [0.29, 0.717) is 27.5 Å². The smallest absolute Gasteiger partial charge is 0.335 e. The molecule has 0 atom stereocenters. The third-order valence-electron chi connectivity index (χ3n) is 5.39. The van der Waals surface area contributed by atoms with Crippen LogP contribution in [0.2, 0.25) is 10.0 Å². The number of anilines is 1. The molecule has 1 N–H and O–H groups in total. The first-order valence-electron chi connectivity index (χ1n) is 10.5. The second-order valence-electron chi connectivity index (χ2n) is 7.74. The van der Waals surface area contributed by atoms with Crippen LogP contribution in [0.15, 0.2) is 66.2 Å². The lowest BCUT2D eigenvalue weighted by Crippen LogP contribution is -2.54. The van der Waals surface area contributed by atoms with E-state index in [4.69, 9.17) is 27.9 Å². The minimum absolute atomic E-state index is 0.0266. The molecule has 1 saturated heterocycles. The van der Waals surface area contributed by atoms with E-state index < -0.39 is 22.8 Å². The van der Waals surface area contributed by atoms with Crippen molar-refractivity contribution in [2.45, 2.75) is 13.5 Å². The number of non-ortho nitro benzene ring substituents is 1. The Bertz CT molecular complexity index is 1440. The van der Waals surface area contributed by atoms with Gasteiger partial charge < -0.3 is 4.74 Å². The van der Waals surface area contributed by atoms with Gasteiger partial charge in [0.05, 0.1) is 15.6 Å². The summed E-state index contributed by atoms with van der Waals surface area (Å²) in [5.41, 5.74) is 1.61. The molecule has 4 rings (SSSR count). The first-order valence-corrected chi connectivity index (χ1v) is 11.2. The van der Waals surface area contributed by atoms with Crippen molar-refractivity contribution in [3.8, 4) is 5.75 Å². The first-order chi connectivity index (χ1) is 17.2. The third kappa shape index (κ3) is 5.07. The van der Waals surface area contributed by atoms with Gasteiger partial charge in [-0.25, -0.2) is 9.69 Å². The van der Waals surface area contributed by atoms with Crippen molar-refractivity contribution in [3.05, 3.63) is 103 Å². The number of nitro groups is 1. The molecule has 1 heterocycles. The van der Waals surface area contributed by atoms with Crippen molar-refractivity contribution in [2.24, 2.45) is 0 Å². The number of rotatable bonds is 6. The van der Waals surface area contributed by atoms with Gasteiger partial charge in [-0.1, -0.05) is 35.3 Å². The maximum Gasteiger partial charge on any atom is 0.335 e. The molecular formula is C25H17Cl2N3O6. The molecular weight excluding hydrogens is 509 g/mol. The second kappa shape index (κ2) is 10.2. The highest BCUT2D eigenvalue weighted by Gasteiger charge is 2.37. The van der Waals surface area contributed by atoms with Crippen LogP contribution in [0.3, 0.4) is 0 Å². The molecule has 1 fully saturated rings. The minimum Gasteiger partial charge on any atom is -0.487 e. The normalized spacial score (nSPS) is 14.7. The summed E-state index contributed by atoms with van der Waals surface area (Å²) in [6.07, 6.45) is 1.32. The van der Waals surface area contributed by atoms with Crippen molar-refractivity contribution in [2.75, 3.05) is 4.90 Å². The third-order valence-corrected chi connectivity index (χ3v) is 6.09. The van der Waals surface area contributed by atoms with Crippen LogP contribution in [0.4, 0.5) is 16.2 Å². The molecule has 3 aromatic rings. The van der Waals surface area contributed by atoms with Gasteiger partial charge in [-0.2, -0.15) is 0 Å². The zero-order valence-corrected chi connectivity index (χ0v) is 20.2. The summed E-state index contributed by atoms with van der Waals surface area (Å²) in [5.74, 6) is -1.30. The van der Waals surface area contributed by atoms with Crippen LogP contribution in [0.25, 0.3) is 6.08 Å². The number of ether oxygens (including phenoxy) is 1. The number of hydrogen-bond donors (Lipinski definition) is 1. The summed E-state index contributed by atoms with van der Waals surface area (Å²) in [7, 11) is 0. The Morgan fingerprint density at radius 3 is 2.42 bits per heavy atom. The average Bonchev–Trinajstić information content (AvgIpc) is 2.84. The van der Waals surface area contributed by atoms with E-state index in [1.165, 1.54) is 24.3 Å². The van der Waals surface area contributed by atoms with Gasteiger partial charge in [0.2, 0.25) is 0 Å². The van der Waals surface area contributed by atoms with Crippen LogP contribution in [0.1, 0.15) is 16.7 Å². The maximum absolute atomic E-state index is 13.1. The zero-order chi connectivity index (χ0) is 26.0. The van der Waals surface area contributed by atoms with Crippen molar-refractivity contribution < 1.29 is 24.0 Å². The Labute approximate surface area is 215 Å². The molecule has 182 valence electrons. The Morgan fingerprint density at radius 2 is 1.75 bits per heavy atom. The standard InChI is InChI=1S/C25H17Cl2N3O6/c1-14-19(26)3-2-4-21(14)29-24(32)18(23(31)28-25(29)33)11-16-7-10-22(20(27)12-16)36-13-15-5-8-17(9-6-15)30(34)35/h2-12H,13H2,1H3,(H,28,31,33)/b18-11+. The number of benzene rings is 3. The summed E-state index contributed by atoms with van der Waals surface area (Å²) in [4.78, 5) is 49.2. The lowest BCUT2D eigenvalue weighted by atomic mass is 10.1.